The predicted molar refractivity (Wildman–Crippen MR) is 20.0 cm³/mol. The van der Waals surface area contributed by atoms with Crippen molar-refractivity contribution in [1.29, 1.82) is 0 Å². The van der Waals surface area contributed by atoms with Gasteiger partial charge in [0.2, 0.25) is 0 Å². The predicted octanol–water partition coefficient (Wildman–Crippen LogP) is -0.612. The van der Waals surface area contributed by atoms with E-state index in [9.17, 15) is 0 Å². The van der Waals surface area contributed by atoms with Crippen molar-refractivity contribution in [1.82, 2.24) is 0 Å². The van der Waals surface area contributed by atoms with E-state index in [-0.39, 0.29) is 9.90 Å². The fourth-order valence-electron chi connectivity index (χ4n) is 0. The van der Waals surface area contributed by atoms with Crippen LogP contribution in [0.1, 0.15) is 0 Å². The molecule has 26 valence electrons. The van der Waals surface area contributed by atoms with Gasteiger partial charge >= 0.3 is 11.6 Å². The first-order valence-corrected chi connectivity index (χ1v) is 1.00. The summed E-state index contributed by atoms with van der Waals surface area (Å²) in [6.07, 6.45) is 0. The molecule has 0 aliphatic heterocycles. The zero-order valence-corrected chi connectivity index (χ0v) is 4.16. The molecule has 0 saturated heterocycles. The van der Waals surface area contributed by atoms with Gasteiger partial charge in [-0.2, -0.15) is 18.3 Å². The van der Waals surface area contributed by atoms with E-state index in [1.165, 1.54) is 0 Å². The third-order valence-corrected chi connectivity index (χ3v) is 0. The molecule has 0 aromatic rings. The van der Waals surface area contributed by atoms with E-state index in [4.69, 9.17) is 8.42 Å². The lowest BCUT2D eigenvalue weighted by Gasteiger charge is -0.947. The summed E-state index contributed by atoms with van der Waals surface area (Å²) >= 11 is -0.750. The highest BCUT2D eigenvalue weighted by molar-refractivity contribution is 7.51. The molecule has 2 nitrogen and oxygen atoms in total. The Morgan fingerprint density at radius 2 is 1.25 bits per heavy atom. The highest BCUT2D eigenvalue weighted by atomic mass is 32.1. The zero-order valence-electron chi connectivity index (χ0n) is 1.93. The normalized spacial score (nSPS) is 3.00. The summed E-state index contributed by atoms with van der Waals surface area (Å²) in [6, 6.07) is 0. The second-order valence-corrected chi connectivity index (χ2v) is 0.204. The molecule has 1 unspecified atom stereocenters. The van der Waals surface area contributed by atoms with Crippen molar-refractivity contribution in [2.24, 2.45) is 0 Å². The maximum absolute atomic E-state index is 8.29. The van der Waals surface area contributed by atoms with Gasteiger partial charge in [0.1, 0.15) is 0 Å². The first kappa shape index (κ1) is 8.87. The van der Waals surface area contributed by atoms with Gasteiger partial charge in [0.25, 0.3) is 0 Å². The van der Waals surface area contributed by atoms with Crippen molar-refractivity contribution >= 4 is 21.5 Å². The molecule has 4 heteroatoms. The van der Waals surface area contributed by atoms with Crippen molar-refractivity contribution in [3.8, 4) is 0 Å². The standard InChI is InChI=1S/O2S.H3P/c1-3-2;/h;1H3. The lowest BCUT2D eigenvalue weighted by Crippen LogP contribution is -1.18. The van der Waals surface area contributed by atoms with Crippen LogP contribution in [-0.2, 0) is 11.6 Å². The Balaban J connectivity index is 0. The topological polar surface area (TPSA) is 34.1 Å². The smallest absolute Gasteiger partial charge is 0.168 e. The van der Waals surface area contributed by atoms with E-state index in [0.29, 0.717) is 0 Å². The molecule has 0 radical (unpaired) electrons. The summed E-state index contributed by atoms with van der Waals surface area (Å²) in [5.74, 6) is 0. The summed E-state index contributed by atoms with van der Waals surface area (Å²) < 4.78 is 16.6. The van der Waals surface area contributed by atoms with Gasteiger partial charge < -0.3 is 0 Å². The Bertz CT molecular complexity index is 27.0. The Hall–Kier alpha value is 0.250. The van der Waals surface area contributed by atoms with Crippen molar-refractivity contribution in [3.05, 3.63) is 0 Å². The molecule has 0 fully saturated rings. The monoisotopic (exact) mass is 98.0 g/mol. The van der Waals surface area contributed by atoms with Gasteiger partial charge in [-0.3, -0.25) is 0 Å². The van der Waals surface area contributed by atoms with Gasteiger partial charge in [0.15, 0.2) is 0 Å². The first-order chi connectivity index (χ1) is 1.41. The van der Waals surface area contributed by atoms with Crippen molar-refractivity contribution in [2.75, 3.05) is 0 Å². The highest BCUT2D eigenvalue weighted by Crippen LogP contribution is 0.861. The highest BCUT2D eigenvalue weighted by Gasteiger charge is 1.12. The maximum atomic E-state index is 8.29. The molecule has 0 aliphatic rings. The Labute approximate surface area is 30.8 Å². The Morgan fingerprint density at radius 3 is 1.25 bits per heavy atom. The molecule has 4 heavy (non-hydrogen) atoms. The molecule has 0 rings (SSSR count). The van der Waals surface area contributed by atoms with Crippen LogP contribution < -0.4 is 0 Å². The van der Waals surface area contributed by atoms with Crippen molar-refractivity contribution in [3.63, 3.8) is 0 Å². The molecule has 0 aliphatic carbocycles. The van der Waals surface area contributed by atoms with Crippen LogP contribution in [0.3, 0.4) is 0 Å². The average Bonchev–Trinajstić information content (AvgIpc) is 0.918. The summed E-state index contributed by atoms with van der Waals surface area (Å²) in [7, 11) is 0. The van der Waals surface area contributed by atoms with Crippen LogP contribution in [0.4, 0.5) is 0 Å². The van der Waals surface area contributed by atoms with Gasteiger partial charge in [-0.25, -0.2) is 0 Å². The Morgan fingerprint density at radius 1 is 1.25 bits per heavy atom. The summed E-state index contributed by atoms with van der Waals surface area (Å²) in [5.41, 5.74) is 0. The minimum absolute atomic E-state index is 0. The summed E-state index contributed by atoms with van der Waals surface area (Å²) in [6.45, 7) is 0. The quantitative estimate of drug-likeness (QED) is 0.379. The van der Waals surface area contributed by atoms with Crippen LogP contribution in [0.15, 0.2) is 0 Å². The molecule has 0 saturated carbocycles. The van der Waals surface area contributed by atoms with Crippen LogP contribution in [0, 0.1) is 0 Å². The van der Waals surface area contributed by atoms with Crippen LogP contribution in [0.2, 0.25) is 0 Å². The molecular formula is H3O2PS. The Kier molecular flexibility index (Phi) is 23.3. The molecule has 0 heterocycles. The van der Waals surface area contributed by atoms with Gasteiger partial charge in [-0.15, -0.1) is 0 Å². The molecule has 0 amide bonds. The third kappa shape index (κ3) is 56.3. The largest absolute Gasteiger partial charge is 0.335 e. The number of rotatable bonds is 0. The second-order valence-electron chi connectivity index (χ2n) is 0.0680. The van der Waals surface area contributed by atoms with E-state index in [1.807, 2.05) is 0 Å². The number of hydrogen-bond acceptors (Lipinski definition) is 2. The lowest BCUT2D eigenvalue weighted by atomic mass is 15.9. The van der Waals surface area contributed by atoms with E-state index in [0.717, 1.165) is 0 Å². The first-order valence-electron chi connectivity index (χ1n) is 0.333. The molecular weight excluding hydrogens is 95.0 g/mol. The van der Waals surface area contributed by atoms with Crippen molar-refractivity contribution < 1.29 is 8.42 Å². The van der Waals surface area contributed by atoms with Crippen molar-refractivity contribution in [2.45, 2.75) is 0 Å². The minimum Gasteiger partial charge on any atom is -0.168 e. The third-order valence-electron chi connectivity index (χ3n) is 0. The van der Waals surface area contributed by atoms with E-state index < -0.39 is 11.6 Å². The molecule has 0 N–H and O–H groups in total. The molecule has 0 spiro atoms. The van der Waals surface area contributed by atoms with Crippen LogP contribution >= 0.6 is 9.90 Å². The lowest BCUT2D eigenvalue weighted by molar-refractivity contribution is 0.630. The van der Waals surface area contributed by atoms with Crippen LogP contribution in [0.25, 0.3) is 0 Å². The zero-order chi connectivity index (χ0) is 2.71. The molecule has 0 aromatic heterocycles. The summed E-state index contributed by atoms with van der Waals surface area (Å²) in [5, 5.41) is 0. The van der Waals surface area contributed by atoms with E-state index in [2.05, 4.69) is 0 Å². The van der Waals surface area contributed by atoms with Crippen LogP contribution in [0.5, 0.6) is 0 Å². The van der Waals surface area contributed by atoms with Crippen LogP contribution in [-0.4, -0.2) is 8.42 Å². The van der Waals surface area contributed by atoms with E-state index in [1.54, 1.807) is 0 Å². The minimum atomic E-state index is -0.750. The molecule has 0 aromatic carbocycles. The molecule has 1 atom stereocenters. The molecule has 0 bridgehead atoms. The summed E-state index contributed by atoms with van der Waals surface area (Å²) in [4.78, 5) is 0. The fraction of sp³-hybridized carbons (Fsp3) is 0. The van der Waals surface area contributed by atoms with E-state index >= 15 is 0 Å². The van der Waals surface area contributed by atoms with Gasteiger partial charge in [0.05, 0.1) is 0 Å². The maximum Gasteiger partial charge on any atom is 0.335 e. The fourth-order valence-corrected chi connectivity index (χ4v) is 0. The average molecular weight is 98.1 g/mol. The SMILES string of the molecule is O=S=O.P. The van der Waals surface area contributed by atoms with Gasteiger partial charge in [0, 0.05) is 0 Å². The van der Waals surface area contributed by atoms with Gasteiger partial charge in [-0.05, 0) is 0 Å². The number of hydrogen-bond donors (Lipinski definition) is 0. The second kappa shape index (κ2) is 10.5. The van der Waals surface area contributed by atoms with Gasteiger partial charge in [-0.1, -0.05) is 0 Å².